The summed E-state index contributed by atoms with van der Waals surface area (Å²) in [5.74, 6) is 1.34. The highest BCUT2D eigenvalue weighted by Gasteiger charge is 2.58. The quantitative estimate of drug-likeness (QED) is 0.583. The maximum Gasteiger partial charge on any atom is 0.0154 e. The fraction of sp³-hybridized carbons (Fsp3) is 1.00. The van der Waals surface area contributed by atoms with E-state index in [-0.39, 0.29) is 0 Å². The molecule has 1 rings (SSSR count). The maximum absolute atomic E-state index is 2.50. The van der Waals surface area contributed by atoms with E-state index in [2.05, 4.69) is 53.3 Å². The van der Waals surface area contributed by atoms with Crippen molar-refractivity contribution in [1.82, 2.24) is 0 Å². The van der Waals surface area contributed by atoms with Gasteiger partial charge in [0.05, 0.1) is 0 Å². The molecule has 14 heavy (non-hydrogen) atoms. The van der Waals surface area contributed by atoms with Crippen LogP contribution in [0.1, 0.15) is 41.5 Å². The summed E-state index contributed by atoms with van der Waals surface area (Å²) in [6.45, 7) is 14.9. The van der Waals surface area contributed by atoms with Crippen molar-refractivity contribution in [2.24, 2.45) is 10.8 Å². The van der Waals surface area contributed by atoms with Crippen LogP contribution in [-0.2, 0) is 0 Å². The Bertz CT molecular complexity index is 216. The monoisotopic (exact) mass is 246 g/mol. The van der Waals surface area contributed by atoms with E-state index >= 15 is 0 Å². The standard InChI is InChI=1S/C11H26SSi2/c1-8(2)7-12-10(5,6)9(3,4)11(8,13)14/h7H2,1-6,13-14H3. The second kappa shape index (κ2) is 3.14. The lowest BCUT2D eigenvalue weighted by molar-refractivity contribution is 0.131. The van der Waals surface area contributed by atoms with Crippen LogP contribution in [0.25, 0.3) is 0 Å². The van der Waals surface area contributed by atoms with Crippen LogP contribution in [0.4, 0.5) is 0 Å². The maximum atomic E-state index is 2.50. The lowest BCUT2D eigenvalue weighted by atomic mass is 9.67. The van der Waals surface area contributed by atoms with E-state index in [0.29, 0.717) is 20.2 Å². The zero-order chi connectivity index (χ0) is 11.4. The molecule has 0 aliphatic carbocycles. The van der Waals surface area contributed by atoms with Crippen molar-refractivity contribution in [3.63, 3.8) is 0 Å². The van der Waals surface area contributed by atoms with E-state index in [1.165, 1.54) is 26.2 Å². The largest absolute Gasteiger partial charge is 0.155 e. The van der Waals surface area contributed by atoms with Crippen molar-refractivity contribution in [1.29, 1.82) is 0 Å². The number of hydrogen-bond acceptors (Lipinski definition) is 1. The van der Waals surface area contributed by atoms with Gasteiger partial charge in [-0.1, -0.05) is 41.5 Å². The second-order valence-corrected chi connectivity index (χ2v) is 14.5. The van der Waals surface area contributed by atoms with Gasteiger partial charge in [0.1, 0.15) is 0 Å². The van der Waals surface area contributed by atoms with Crippen molar-refractivity contribution >= 4 is 32.2 Å². The average molecular weight is 247 g/mol. The van der Waals surface area contributed by atoms with Crippen molar-refractivity contribution in [3.05, 3.63) is 0 Å². The second-order valence-electron chi connectivity index (χ2n) is 6.93. The normalized spacial score (nSPS) is 39.9. The van der Waals surface area contributed by atoms with Crippen LogP contribution in [0.2, 0.25) is 4.66 Å². The van der Waals surface area contributed by atoms with Gasteiger partial charge in [0, 0.05) is 25.2 Å². The molecule has 0 amide bonds. The molecule has 0 N–H and O–H groups in total. The summed E-state index contributed by atoms with van der Waals surface area (Å²) >= 11 is 2.18. The Morgan fingerprint density at radius 3 is 1.71 bits per heavy atom. The third kappa shape index (κ3) is 1.47. The van der Waals surface area contributed by atoms with E-state index in [4.69, 9.17) is 0 Å². The topological polar surface area (TPSA) is 0 Å². The summed E-state index contributed by atoms with van der Waals surface area (Å²) in [5.41, 5.74) is 1.04. The fourth-order valence-electron chi connectivity index (χ4n) is 2.32. The summed E-state index contributed by atoms with van der Waals surface area (Å²) in [6.07, 6.45) is 0. The molecule has 1 aliphatic rings. The van der Waals surface area contributed by atoms with E-state index in [1.807, 2.05) is 0 Å². The van der Waals surface area contributed by atoms with Crippen molar-refractivity contribution in [2.75, 3.05) is 5.75 Å². The van der Waals surface area contributed by atoms with Gasteiger partial charge in [0.25, 0.3) is 0 Å². The molecule has 1 heterocycles. The molecule has 1 saturated heterocycles. The van der Waals surface area contributed by atoms with Gasteiger partial charge < -0.3 is 0 Å². The Hall–Kier alpha value is 0.784. The molecule has 0 saturated carbocycles. The van der Waals surface area contributed by atoms with Gasteiger partial charge in [-0.3, -0.25) is 0 Å². The molecule has 0 aromatic carbocycles. The van der Waals surface area contributed by atoms with Crippen LogP contribution in [0.3, 0.4) is 0 Å². The Morgan fingerprint density at radius 2 is 1.36 bits per heavy atom. The van der Waals surface area contributed by atoms with Gasteiger partial charge >= 0.3 is 0 Å². The highest BCUT2D eigenvalue weighted by molar-refractivity contribution is 8.00. The van der Waals surface area contributed by atoms with E-state index in [0.717, 1.165) is 0 Å². The van der Waals surface area contributed by atoms with Crippen molar-refractivity contribution < 1.29 is 0 Å². The van der Waals surface area contributed by atoms with E-state index in [1.54, 1.807) is 0 Å². The molecule has 0 atom stereocenters. The first kappa shape index (κ1) is 12.9. The molecule has 0 unspecified atom stereocenters. The third-order valence-corrected chi connectivity index (χ3v) is 12.9. The molecule has 3 heteroatoms. The van der Waals surface area contributed by atoms with Crippen LogP contribution < -0.4 is 0 Å². The minimum Gasteiger partial charge on any atom is -0.155 e. The summed E-state index contributed by atoms with van der Waals surface area (Å²) in [6, 6.07) is 0. The van der Waals surface area contributed by atoms with Crippen LogP contribution in [-0.4, -0.2) is 31.0 Å². The SMILES string of the molecule is CC1(C)CSC(C)(C)C(C)(C)C1([SiH3])[SiH3]. The molecule has 0 aromatic heterocycles. The van der Waals surface area contributed by atoms with Gasteiger partial charge in [-0.2, -0.15) is 11.8 Å². The molecular formula is C11H26SSi2. The molecule has 0 bridgehead atoms. The Kier molecular flexibility index (Phi) is 2.88. The number of thioether (sulfide) groups is 1. The first-order valence-corrected chi connectivity index (χ1v) is 8.58. The summed E-state index contributed by atoms with van der Waals surface area (Å²) < 4.78 is 1.11. The lowest BCUT2D eigenvalue weighted by Gasteiger charge is -2.63. The zero-order valence-electron chi connectivity index (χ0n) is 11.1. The highest BCUT2D eigenvalue weighted by Crippen LogP contribution is 2.66. The summed E-state index contributed by atoms with van der Waals surface area (Å²) in [4.78, 5) is 0. The molecule has 0 radical (unpaired) electrons. The molecule has 0 spiro atoms. The average Bonchev–Trinajstić information content (AvgIpc) is 1.98. The summed E-state index contributed by atoms with van der Waals surface area (Å²) in [7, 11) is 2.69. The minimum atomic E-state index is 0.450. The molecule has 0 nitrogen and oxygen atoms in total. The smallest absolute Gasteiger partial charge is 0.0154 e. The van der Waals surface area contributed by atoms with Crippen LogP contribution in [0, 0.1) is 10.8 Å². The predicted molar refractivity (Wildman–Crippen MR) is 76.7 cm³/mol. The summed E-state index contributed by atoms with van der Waals surface area (Å²) in [5, 5.41) is 0. The van der Waals surface area contributed by atoms with Crippen LogP contribution in [0.5, 0.6) is 0 Å². The van der Waals surface area contributed by atoms with Gasteiger partial charge in [-0.25, -0.2) is 0 Å². The van der Waals surface area contributed by atoms with Crippen LogP contribution >= 0.6 is 11.8 Å². The number of hydrogen-bond donors (Lipinski definition) is 0. The van der Waals surface area contributed by atoms with Crippen molar-refractivity contribution in [2.45, 2.75) is 51.0 Å². The van der Waals surface area contributed by atoms with Gasteiger partial charge in [-0.05, 0) is 21.2 Å². The molecular weight excluding hydrogens is 220 g/mol. The fourth-order valence-corrected chi connectivity index (χ4v) is 6.50. The first-order chi connectivity index (χ1) is 5.96. The van der Waals surface area contributed by atoms with Gasteiger partial charge in [-0.15, -0.1) is 0 Å². The van der Waals surface area contributed by atoms with E-state index < -0.39 is 0 Å². The predicted octanol–water partition coefficient (Wildman–Crippen LogP) is 1.41. The first-order valence-electron chi connectivity index (χ1n) is 5.60. The van der Waals surface area contributed by atoms with Gasteiger partial charge in [0.2, 0.25) is 0 Å². The zero-order valence-corrected chi connectivity index (χ0v) is 15.9. The van der Waals surface area contributed by atoms with Gasteiger partial charge in [0.15, 0.2) is 0 Å². The molecule has 84 valence electrons. The highest BCUT2D eigenvalue weighted by atomic mass is 32.2. The molecule has 1 fully saturated rings. The molecule has 1 aliphatic heterocycles. The Balaban J connectivity index is 3.20. The Labute approximate surface area is 99.8 Å². The molecule has 0 aromatic rings. The minimum absolute atomic E-state index is 0.450. The van der Waals surface area contributed by atoms with Crippen LogP contribution in [0.15, 0.2) is 0 Å². The van der Waals surface area contributed by atoms with E-state index in [9.17, 15) is 0 Å². The number of rotatable bonds is 0. The Morgan fingerprint density at radius 1 is 0.929 bits per heavy atom. The lowest BCUT2D eigenvalue weighted by Crippen LogP contribution is -2.57. The van der Waals surface area contributed by atoms with Crippen molar-refractivity contribution in [3.8, 4) is 0 Å². The third-order valence-electron chi connectivity index (χ3n) is 5.55.